The largest absolute Gasteiger partial charge is 0.290 e. The molecule has 6 nitrogen and oxygen atoms in total. The molecule has 0 aliphatic carbocycles. The third-order valence-electron chi connectivity index (χ3n) is 4.56. The van der Waals surface area contributed by atoms with Crippen LogP contribution in [0.3, 0.4) is 0 Å². The average molecular weight is 426 g/mol. The second-order valence-corrected chi connectivity index (χ2v) is 7.00. The molecule has 0 bridgehead atoms. The van der Waals surface area contributed by atoms with Crippen LogP contribution in [0.25, 0.3) is 22.4 Å². The lowest BCUT2D eigenvalue weighted by Crippen LogP contribution is -2.16. The quantitative estimate of drug-likeness (QED) is 0.344. The van der Waals surface area contributed by atoms with E-state index in [-0.39, 0.29) is 17.2 Å². The molecular formula is C24H16ClN5O. The fourth-order valence-electron chi connectivity index (χ4n) is 3.04. The molecule has 0 aliphatic heterocycles. The van der Waals surface area contributed by atoms with Crippen LogP contribution >= 0.6 is 11.6 Å². The Bertz CT molecular complexity index is 1340. The first-order valence-electron chi connectivity index (χ1n) is 9.39. The van der Waals surface area contributed by atoms with Crippen molar-refractivity contribution >= 4 is 23.8 Å². The molecule has 1 aromatic heterocycles. The number of rotatable bonds is 5. The third kappa shape index (κ3) is 4.53. The van der Waals surface area contributed by atoms with E-state index in [9.17, 15) is 10.1 Å². The number of hydrazone groups is 1. The number of nitriles is 1. The lowest BCUT2D eigenvalue weighted by molar-refractivity contribution is 1.08. The minimum Gasteiger partial charge on any atom is -0.290 e. The van der Waals surface area contributed by atoms with E-state index >= 15 is 0 Å². The van der Waals surface area contributed by atoms with Crippen molar-refractivity contribution in [3.8, 4) is 28.5 Å². The number of hydrogen-bond acceptors (Lipinski definition) is 5. The number of H-pyrrole nitrogens is 1. The van der Waals surface area contributed by atoms with Gasteiger partial charge in [-0.3, -0.25) is 9.78 Å². The summed E-state index contributed by atoms with van der Waals surface area (Å²) in [7, 11) is 0. The number of benzene rings is 3. The van der Waals surface area contributed by atoms with Gasteiger partial charge in [-0.2, -0.15) is 10.4 Å². The fraction of sp³-hybridized carbons (Fsp3) is 0. The highest BCUT2D eigenvalue weighted by atomic mass is 35.5. The Morgan fingerprint density at radius 3 is 2.29 bits per heavy atom. The first-order valence-corrected chi connectivity index (χ1v) is 9.77. The molecule has 31 heavy (non-hydrogen) atoms. The SMILES string of the molecule is N#Cc1c(-c2ccccc2)nc(NN=Cc2ccc(-c3ccccc3)cc2Cl)[nH]c1=O. The highest BCUT2D eigenvalue weighted by Crippen LogP contribution is 2.25. The van der Waals surface area contributed by atoms with Crippen LogP contribution in [0.1, 0.15) is 11.1 Å². The maximum absolute atomic E-state index is 12.3. The Balaban J connectivity index is 1.58. The van der Waals surface area contributed by atoms with E-state index in [1.54, 1.807) is 12.1 Å². The summed E-state index contributed by atoms with van der Waals surface area (Å²) in [6.45, 7) is 0. The topological polar surface area (TPSA) is 93.9 Å². The van der Waals surface area contributed by atoms with E-state index in [1.165, 1.54) is 6.21 Å². The molecule has 3 aromatic carbocycles. The second-order valence-electron chi connectivity index (χ2n) is 6.59. The first kappa shape index (κ1) is 20.1. The van der Waals surface area contributed by atoms with Crippen LogP contribution in [0.5, 0.6) is 0 Å². The fourth-order valence-corrected chi connectivity index (χ4v) is 3.27. The monoisotopic (exact) mass is 425 g/mol. The van der Waals surface area contributed by atoms with Crippen LogP contribution in [0, 0.1) is 11.3 Å². The Hall–Kier alpha value is -4.21. The molecule has 0 saturated heterocycles. The lowest BCUT2D eigenvalue weighted by atomic mass is 10.0. The minimum atomic E-state index is -0.542. The van der Waals surface area contributed by atoms with E-state index in [0.29, 0.717) is 16.1 Å². The predicted octanol–water partition coefficient (Wildman–Crippen LogP) is 5.07. The van der Waals surface area contributed by atoms with Crippen molar-refractivity contribution < 1.29 is 0 Å². The van der Waals surface area contributed by atoms with Crippen molar-refractivity contribution in [2.75, 3.05) is 5.43 Å². The summed E-state index contributed by atoms with van der Waals surface area (Å²) < 4.78 is 0. The molecule has 7 heteroatoms. The van der Waals surface area contributed by atoms with Crippen molar-refractivity contribution in [1.82, 2.24) is 9.97 Å². The molecule has 0 unspecified atom stereocenters. The van der Waals surface area contributed by atoms with Crippen LogP contribution in [-0.4, -0.2) is 16.2 Å². The molecule has 0 radical (unpaired) electrons. The van der Waals surface area contributed by atoms with Gasteiger partial charge in [-0.1, -0.05) is 84.4 Å². The van der Waals surface area contributed by atoms with Crippen molar-refractivity contribution in [2.45, 2.75) is 0 Å². The van der Waals surface area contributed by atoms with Crippen molar-refractivity contribution in [3.05, 3.63) is 105 Å². The molecule has 0 spiro atoms. The standard InChI is InChI=1S/C24H16ClN5O/c25-21-13-18(16-7-3-1-4-8-16)11-12-19(21)15-27-30-24-28-22(17-9-5-2-6-10-17)20(14-26)23(31)29-24/h1-13,15H,(H2,28,29,30,31). The number of hydrogen-bond donors (Lipinski definition) is 2. The van der Waals surface area contributed by atoms with Gasteiger partial charge in [0.15, 0.2) is 0 Å². The van der Waals surface area contributed by atoms with E-state index in [0.717, 1.165) is 11.1 Å². The first-order chi connectivity index (χ1) is 15.2. The number of anilines is 1. The molecule has 0 atom stereocenters. The molecule has 0 fully saturated rings. The lowest BCUT2D eigenvalue weighted by Gasteiger charge is -2.06. The average Bonchev–Trinajstić information content (AvgIpc) is 2.81. The van der Waals surface area contributed by atoms with Crippen LogP contribution < -0.4 is 11.0 Å². The zero-order chi connectivity index (χ0) is 21.6. The molecule has 0 aliphatic rings. The molecule has 150 valence electrons. The molecule has 2 N–H and O–H groups in total. The van der Waals surface area contributed by atoms with Gasteiger partial charge >= 0.3 is 0 Å². The van der Waals surface area contributed by atoms with Gasteiger partial charge in [0.2, 0.25) is 5.95 Å². The zero-order valence-electron chi connectivity index (χ0n) is 16.2. The number of nitrogens with zero attached hydrogens (tertiary/aromatic N) is 3. The Morgan fingerprint density at radius 1 is 0.968 bits per heavy atom. The van der Waals surface area contributed by atoms with Crippen molar-refractivity contribution in [1.29, 1.82) is 5.26 Å². The third-order valence-corrected chi connectivity index (χ3v) is 4.89. The minimum absolute atomic E-state index is 0.0553. The Kier molecular flexibility index (Phi) is 5.88. The molecule has 0 saturated carbocycles. The highest BCUT2D eigenvalue weighted by Gasteiger charge is 2.12. The molecule has 4 aromatic rings. The summed E-state index contributed by atoms with van der Waals surface area (Å²) in [5.74, 6) is 0.121. The van der Waals surface area contributed by atoms with Crippen LogP contribution in [-0.2, 0) is 0 Å². The molecule has 0 amide bonds. The molecule has 4 rings (SSSR count). The van der Waals surface area contributed by atoms with E-state index in [1.807, 2.05) is 72.8 Å². The van der Waals surface area contributed by atoms with E-state index in [2.05, 4.69) is 20.5 Å². The van der Waals surface area contributed by atoms with Gasteiger partial charge in [0.1, 0.15) is 11.6 Å². The smallest absolute Gasteiger partial charge is 0.270 e. The zero-order valence-corrected chi connectivity index (χ0v) is 17.0. The summed E-state index contributed by atoms with van der Waals surface area (Å²) in [5.41, 5.74) is 5.83. The number of aromatic nitrogens is 2. The number of nitrogens with one attached hydrogen (secondary N) is 2. The summed E-state index contributed by atoms with van der Waals surface area (Å²) in [4.78, 5) is 19.2. The van der Waals surface area contributed by atoms with Crippen molar-refractivity contribution in [2.24, 2.45) is 5.10 Å². The number of aromatic amines is 1. The van der Waals surface area contributed by atoms with Gasteiger partial charge in [0.25, 0.3) is 5.56 Å². The van der Waals surface area contributed by atoms with Crippen molar-refractivity contribution in [3.63, 3.8) is 0 Å². The maximum Gasteiger partial charge on any atom is 0.270 e. The van der Waals surface area contributed by atoms with Gasteiger partial charge < -0.3 is 0 Å². The number of halogens is 1. The van der Waals surface area contributed by atoms with Crippen LogP contribution in [0.4, 0.5) is 5.95 Å². The van der Waals surface area contributed by atoms with E-state index in [4.69, 9.17) is 11.6 Å². The summed E-state index contributed by atoms with van der Waals surface area (Å²) in [5, 5.41) is 14.0. The summed E-state index contributed by atoms with van der Waals surface area (Å²) in [6, 6.07) is 26.6. The van der Waals surface area contributed by atoms with Crippen LogP contribution in [0.15, 0.2) is 88.8 Å². The predicted molar refractivity (Wildman–Crippen MR) is 123 cm³/mol. The Labute approximate surface area is 183 Å². The summed E-state index contributed by atoms with van der Waals surface area (Å²) in [6.07, 6.45) is 1.54. The summed E-state index contributed by atoms with van der Waals surface area (Å²) >= 11 is 6.40. The normalized spacial score (nSPS) is 10.7. The maximum atomic E-state index is 12.3. The molecular weight excluding hydrogens is 410 g/mol. The Morgan fingerprint density at radius 2 is 1.65 bits per heavy atom. The van der Waals surface area contributed by atoms with Crippen LogP contribution in [0.2, 0.25) is 5.02 Å². The van der Waals surface area contributed by atoms with Gasteiger partial charge in [-0.25, -0.2) is 10.4 Å². The van der Waals surface area contributed by atoms with Gasteiger partial charge in [-0.15, -0.1) is 0 Å². The highest BCUT2D eigenvalue weighted by molar-refractivity contribution is 6.33. The van der Waals surface area contributed by atoms with E-state index < -0.39 is 5.56 Å². The van der Waals surface area contributed by atoms with Gasteiger partial charge in [-0.05, 0) is 17.2 Å². The second kappa shape index (κ2) is 9.08. The molecule has 1 heterocycles. The van der Waals surface area contributed by atoms with Gasteiger partial charge in [0, 0.05) is 11.1 Å². The van der Waals surface area contributed by atoms with Gasteiger partial charge in [0.05, 0.1) is 16.9 Å².